The van der Waals surface area contributed by atoms with Crippen molar-refractivity contribution in [2.45, 2.75) is 44.2 Å². The number of para-hydroxylation sites is 1. The molecule has 2 aromatic carbocycles. The van der Waals surface area contributed by atoms with Gasteiger partial charge in [-0.2, -0.15) is 18.2 Å². The van der Waals surface area contributed by atoms with E-state index in [-0.39, 0.29) is 19.9 Å². The maximum absolute atomic E-state index is 13.3. The number of fused-ring (bicyclic) bond motifs is 1. The molecule has 0 radical (unpaired) electrons. The van der Waals surface area contributed by atoms with Crippen LogP contribution < -0.4 is 21.1 Å². The zero-order chi connectivity index (χ0) is 26.5. The molecule has 0 spiro atoms. The van der Waals surface area contributed by atoms with Crippen molar-refractivity contribution < 1.29 is 21.6 Å². The molecule has 38 heavy (non-hydrogen) atoms. The first kappa shape index (κ1) is 29.6. The monoisotopic (exact) mass is 552 g/mol. The number of nitrogens with two attached hydrogens (primary N) is 1. The Morgan fingerprint density at radius 3 is 2.21 bits per heavy atom. The van der Waals surface area contributed by atoms with E-state index in [1.165, 1.54) is 12.1 Å². The molecule has 0 saturated heterocycles. The number of nitrogens with zero attached hydrogens (tertiary/aromatic N) is 2. The second kappa shape index (κ2) is 12.7. The van der Waals surface area contributed by atoms with E-state index in [0.29, 0.717) is 31.5 Å². The molecule has 0 atom stereocenters. The minimum atomic E-state index is -4.74. The van der Waals surface area contributed by atoms with E-state index in [4.69, 9.17) is 5.73 Å². The van der Waals surface area contributed by atoms with E-state index in [9.17, 15) is 21.6 Å². The maximum Gasteiger partial charge on any atom is 0.417 e. The highest BCUT2D eigenvalue weighted by Gasteiger charge is 2.37. The minimum Gasteiger partial charge on any atom is -0.368 e. The molecular weight excluding hydrogens is 517 g/mol. The lowest BCUT2D eigenvalue weighted by Gasteiger charge is -2.29. The largest absolute Gasteiger partial charge is 0.417 e. The summed E-state index contributed by atoms with van der Waals surface area (Å²) in [6, 6.07) is 12.0. The van der Waals surface area contributed by atoms with E-state index in [2.05, 4.69) is 25.3 Å². The average molecular weight is 553 g/mol. The number of hydrogen-bond donors (Lipinski definition) is 4. The number of rotatable bonds is 10. The van der Waals surface area contributed by atoms with Crippen LogP contribution in [-0.4, -0.2) is 44.6 Å². The van der Waals surface area contributed by atoms with Crippen LogP contribution in [0.4, 0.5) is 24.9 Å². The third-order valence-corrected chi connectivity index (χ3v) is 8.08. The molecule has 1 aromatic heterocycles. The van der Waals surface area contributed by atoms with Crippen LogP contribution in [0.15, 0.2) is 53.4 Å². The Bertz CT molecular complexity index is 1310. The second-order valence-electron chi connectivity index (χ2n) is 9.24. The predicted octanol–water partition coefficient (Wildman–Crippen LogP) is 4.85. The summed E-state index contributed by atoms with van der Waals surface area (Å²) in [5, 5.41) is 7.48. The normalized spacial score (nSPS) is 18.1. The number of sulfonamides is 1. The van der Waals surface area contributed by atoms with Gasteiger partial charge in [-0.05, 0) is 61.8 Å². The van der Waals surface area contributed by atoms with Gasteiger partial charge in [0.1, 0.15) is 5.82 Å². The molecule has 0 bridgehead atoms. The van der Waals surface area contributed by atoms with E-state index >= 15 is 0 Å². The molecule has 8 nitrogen and oxygen atoms in total. The maximum atomic E-state index is 13.3. The van der Waals surface area contributed by atoms with Crippen molar-refractivity contribution in [2.75, 3.05) is 36.8 Å². The standard InChI is InChI=1S/C25H31F3N6O2S.CH4/c26-25(27,28)20-6-2-4-8-22(20)37(35,36)32-16-18-11-9-17(10-12-18)15-31-24-33-21-7-3-1-5-19(21)23(34-24)30-14-13-29;/h1-8,17-18,32H,9-16,29H2,(H2,30,31,33,34);1H4. The van der Waals surface area contributed by atoms with Crippen molar-refractivity contribution in [3.8, 4) is 0 Å². The Hall–Kier alpha value is -2.96. The molecule has 0 unspecified atom stereocenters. The molecule has 12 heteroatoms. The summed E-state index contributed by atoms with van der Waals surface area (Å²) in [6.45, 7) is 1.86. The van der Waals surface area contributed by atoms with E-state index in [0.717, 1.165) is 54.5 Å². The van der Waals surface area contributed by atoms with Gasteiger partial charge in [-0.1, -0.05) is 31.7 Å². The first-order valence-electron chi connectivity index (χ1n) is 12.3. The number of hydrogen-bond acceptors (Lipinski definition) is 7. The van der Waals surface area contributed by atoms with E-state index < -0.39 is 26.7 Å². The zero-order valence-corrected chi connectivity index (χ0v) is 21.1. The summed E-state index contributed by atoms with van der Waals surface area (Å²) >= 11 is 0. The molecule has 208 valence electrons. The number of aromatic nitrogens is 2. The van der Waals surface area contributed by atoms with Crippen LogP contribution in [0.5, 0.6) is 0 Å². The fourth-order valence-electron chi connectivity index (χ4n) is 4.60. The van der Waals surface area contributed by atoms with Crippen LogP contribution in [0.2, 0.25) is 0 Å². The molecule has 4 rings (SSSR count). The van der Waals surface area contributed by atoms with Crippen molar-refractivity contribution in [1.82, 2.24) is 14.7 Å². The molecule has 3 aromatic rings. The van der Waals surface area contributed by atoms with Crippen molar-refractivity contribution in [2.24, 2.45) is 17.6 Å². The van der Waals surface area contributed by atoms with E-state index in [1.54, 1.807) is 0 Å². The van der Waals surface area contributed by atoms with Crippen molar-refractivity contribution in [3.05, 3.63) is 54.1 Å². The molecule has 1 aliphatic carbocycles. The summed E-state index contributed by atoms with van der Waals surface area (Å²) in [4.78, 5) is 8.46. The van der Waals surface area contributed by atoms with Gasteiger partial charge in [0.05, 0.1) is 16.0 Å². The Morgan fingerprint density at radius 1 is 0.895 bits per heavy atom. The Morgan fingerprint density at radius 2 is 1.53 bits per heavy atom. The van der Waals surface area contributed by atoms with Crippen LogP contribution in [0, 0.1) is 11.8 Å². The number of benzene rings is 2. The van der Waals surface area contributed by atoms with Crippen LogP contribution in [0.3, 0.4) is 0 Å². The molecule has 0 amide bonds. The summed E-state index contributed by atoms with van der Waals surface area (Å²) in [6.07, 6.45) is -1.46. The van der Waals surface area contributed by atoms with Crippen LogP contribution in [0.25, 0.3) is 10.9 Å². The second-order valence-corrected chi connectivity index (χ2v) is 11.0. The molecular formula is C26H35F3N6O2S. The van der Waals surface area contributed by atoms with Crippen LogP contribution in [0.1, 0.15) is 38.7 Å². The highest BCUT2D eigenvalue weighted by Crippen LogP contribution is 2.34. The number of alkyl halides is 3. The minimum absolute atomic E-state index is 0. The molecule has 1 fully saturated rings. The topological polar surface area (TPSA) is 122 Å². The van der Waals surface area contributed by atoms with Gasteiger partial charge in [-0.15, -0.1) is 0 Å². The Balaban J connectivity index is 0.00000400. The summed E-state index contributed by atoms with van der Waals surface area (Å²) in [5.41, 5.74) is 5.28. The zero-order valence-electron chi connectivity index (χ0n) is 20.3. The molecule has 5 N–H and O–H groups in total. The smallest absolute Gasteiger partial charge is 0.368 e. The first-order valence-corrected chi connectivity index (χ1v) is 13.8. The first-order chi connectivity index (χ1) is 17.7. The summed E-state index contributed by atoms with van der Waals surface area (Å²) in [5.74, 6) is 1.67. The third kappa shape index (κ3) is 7.33. The van der Waals surface area contributed by atoms with Gasteiger partial charge in [-0.25, -0.2) is 18.1 Å². The Labute approximate surface area is 221 Å². The van der Waals surface area contributed by atoms with Gasteiger partial charge >= 0.3 is 6.18 Å². The van der Waals surface area contributed by atoms with Crippen LogP contribution >= 0.6 is 0 Å². The van der Waals surface area contributed by atoms with Gasteiger partial charge < -0.3 is 16.4 Å². The fourth-order valence-corrected chi connectivity index (χ4v) is 5.94. The van der Waals surface area contributed by atoms with E-state index in [1.807, 2.05) is 24.3 Å². The lowest BCUT2D eigenvalue weighted by Crippen LogP contribution is -2.33. The molecule has 1 heterocycles. The lowest BCUT2D eigenvalue weighted by atomic mass is 9.82. The van der Waals surface area contributed by atoms with Gasteiger partial charge in [0.15, 0.2) is 0 Å². The average Bonchev–Trinajstić information content (AvgIpc) is 2.89. The van der Waals surface area contributed by atoms with Crippen molar-refractivity contribution >= 4 is 32.7 Å². The highest BCUT2D eigenvalue weighted by atomic mass is 32.2. The Kier molecular flexibility index (Phi) is 9.91. The molecule has 1 saturated carbocycles. The van der Waals surface area contributed by atoms with Crippen molar-refractivity contribution in [3.63, 3.8) is 0 Å². The highest BCUT2D eigenvalue weighted by molar-refractivity contribution is 7.89. The lowest BCUT2D eigenvalue weighted by molar-refractivity contribution is -0.139. The van der Waals surface area contributed by atoms with Crippen LogP contribution in [-0.2, 0) is 16.2 Å². The predicted molar refractivity (Wildman–Crippen MR) is 144 cm³/mol. The SMILES string of the molecule is C.NCCNc1nc(NCC2CCC(CNS(=O)(=O)c3ccccc3C(F)(F)F)CC2)nc2ccccc12. The molecule has 1 aliphatic rings. The molecule has 0 aliphatic heterocycles. The van der Waals surface area contributed by atoms with Gasteiger partial charge in [0, 0.05) is 31.6 Å². The third-order valence-electron chi connectivity index (χ3n) is 6.60. The quantitative estimate of drug-likeness (QED) is 0.284. The van der Waals surface area contributed by atoms with Crippen molar-refractivity contribution in [1.29, 1.82) is 0 Å². The van der Waals surface area contributed by atoms with Gasteiger partial charge in [0.25, 0.3) is 0 Å². The van der Waals surface area contributed by atoms with Gasteiger partial charge in [-0.3, -0.25) is 0 Å². The van der Waals surface area contributed by atoms with Gasteiger partial charge in [0.2, 0.25) is 16.0 Å². The summed E-state index contributed by atoms with van der Waals surface area (Å²) < 4.78 is 67.4. The number of halogens is 3. The number of nitrogens with one attached hydrogen (secondary N) is 3. The number of anilines is 2. The summed E-state index contributed by atoms with van der Waals surface area (Å²) in [7, 11) is -4.27. The fraction of sp³-hybridized carbons (Fsp3) is 0.462.